The first-order valence-electron chi connectivity index (χ1n) is 8.25. The molecule has 1 aromatic carbocycles. The largest absolute Gasteiger partial charge is 0.460 e. The minimum atomic E-state index is -3.60. The molecule has 1 saturated carbocycles. The zero-order valence-electron chi connectivity index (χ0n) is 14.8. The Morgan fingerprint density at radius 2 is 2.04 bits per heavy atom. The number of sulfonamides is 1. The molecule has 26 heavy (non-hydrogen) atoms. The number of hydrogen-bond donors (Lipinski definition) is 1. The molecule has 0 spiro atoms. The Labute approximate surface area is 152 Å². The third kappa shape index (κ3) is 3.86. The Morgan fingerprint density at radius 1 is 1.31 bits per heavy atom. The second-order valence-electron chi connectivity index (χ2n) is 6.57. The predicted octanol–water partition coefficient (Wildman–Crippen LogP) is 2.42. The molecule has 8 heteroatoms. The van der Waals surface area contributed by atoms with Gasteiger partial charge in [-0.25, -0.2) is 18.1 Å². The third-order valence-electron chi connectivity index (χ3n) is 4.36. The summed E-state index contributed by atoms with van der Waals surface area (Å²) in [6, 6.07) is 9.54. The first kappa shape index (κ1) is 18.3. The molecule has 1 heterocycles. The molecule has 3 rings (SSSR count). The van der Waals surface area contributed by atoms with Gasteiger partial charge in [-0.1, -0.05) is 13.0 Å². The van der Waals surface area contributed by atoms with E-state index in [2.05, 4.69) is 17.5 Å². The minimum Gasteiger partial charge on any atom is -0.460 e. The highest BCUT2D eigenvalue weighted by atomic mass is 32.2. The normalized spacial score (nSPS) is 19.8. The van der Waals surface area contributed by atoms with Crippen molar-refractivity contribution in [2.75, 3.05) is 14.1 Å². The molecule has 0 unspecified atom stereocenters. The molecule has 2 atom stereocenters. The molecule has 7 nitrogen and oxygen atoms in total. The number of furan rings is 1. The standard InChI is InChI=1S/C18H21N3O4S/c1-12-9-16(12)17-8-7-14(25-17)11-19-20-18(22)13-5-4-6-15(10-13)26(23,24)21(2)3/h4-8,10-12,16H,9H2,1-3H3,(H,20,22)/b19-11-/t12-,16+/m0/s1. The summed E-state index contributed by atoms with van der Waals surface area (Å²) < 4.78 is 31.1. The van der Waals surface area contributed by atoms with Gasteiger partial charge in [0, 0.05) is 25.6 Å². The number of hydrogen-bond acceptors (Lipinski definition) is 5. The van der Waals surface area contributed by atoms with E-state index in [1.54, 1.807) is 6.07 Å². The average Bonchev–Trinajstić information content (AvgIpc) is 3.15. The van der Waals surface area contributed by atoms with Gasteiger partial charge >= 0.3 is 0 Å². The van der Waals surface area contributed by atoms with E-state index >= 15 is 0 Å². The molecule has 2 aromatic rings. The van der Waals surface area contributed by atoms with E-state index in [1.807, 2.05) is 6.07 Å². The summed E-state index contributed by atoms with van der Waals surface area (Å²) in [5, 5.41) is 3.88. The summed E-state index contributed by atoms with van der Waals surface area (Å²) in [5.74, 6) is 2.12. The van der Waals surface area contributed by atoms with Crippen molar-refractivity contribution in [1.82, 2.24) is 9.73 Å². The van der Waals surface area contributed by atoms with Crippen LogP contribution in [-0.4, -0.2) is 38.9 Å². The van der Waals surface area contributed by atoms with E-state index in [4.69, 9.17) is 4.42 Å². The molecular weight excluding hydrogens is 354 g/mol. The molecule has 0 saturated heterocycles. The summed E-state index contributed by atoms with van der Waals surface area (Å²) in [4.78, 5) is 12.2. The highest BCUT2D eigenvalue weighted by Gasteiger charge is 2.36. The van der Waals surface area contributed by atoms with E-state index in [1.165, 1.54) is 44.6 Å². The fourth-order valence-corrected chi connectivity index (χ4v) is 3.53. The molecule has 138 valence electrons. The molecule has 1 aliphatic rings. The second-order valence-corrected chi connectivity index (χ2v) is 8.73. The SMILES string of the molecule is C[C@H]1C[C@H]1c1ccc(/C=N\NC(=O)c2cccc(S(=O)(=O)N(C)C)c2)o1. The first-order valence-corrected chi connectivity index (χ1v) is 9.69. The first-order chi connectivity index (χ1) is 12.3. The van der Waals surface area contributed by atoms with Crippen LogP contribution in [0.25, 0.3) is 0 Å². The van der Waals surface area contributed by atoms with Crippen LogP contribution >= 0.6 is 0 Å². The van der Waals surface area contributed by atoms with E-state index < -0.39 is 15.9 Å². The molecule has 0 aliphatic heterocycles. The van der Waals surface area contributed by atoms with Crippen molar-refractivity contribution in [3.05, 3.63) is 53.5 Å². The Balaban J connectivity index is 1.66. The van der Waals surface area contributed by atoms with Gasteiger partial charge in [0.1, 0.15) is 11.5 Å². The summed E-state index contributed by atoms with van der Waals surface area (Å²) >= 11 is 0. The molecule has 1 aliphatic carbocycles. The number of nitrogens with zero attached hydrogens (tertiary/aromatic N) is 2. The molecular formula is C18H21N3O4S. The Hall–Kier alpha value is -2.45. The van der Waals surface area contributed by atoms with Crippen molar-refractivity contribution >= 4 is 22.1 Å². The molecule has 1 N–H and O–H groups in total. The Kier molecular flexibility index (Phi) is 4.97. The summed E-state index contributed by atoms with van der Waals surface area (Å²) in [5.41, 5.74) is 2.59. The van der Waals surface area contributed by atoms with Crippen LogP contribution in [0.3, 0.4) is 0 Å². The topological polar surface area (TPSA) is 92.0 Å². The molecule has 1 aromatic heterocycles. The minimum absolute atomic E-state index is 0.0494. The van der Waals surface area contributed by atoms with Gasteiger partial charge in [0.15, 0.2) is 0 Å². The lowest BCUT2D eigenvalue weighted by molar-refractivity contribution is 0.0955. The molecule has 0 bridgehead atoms. The van der Waals surface area contributed by atoms with E-state index in [-0.39, 0.29) is 10.5 Å². The fraction of sp³-hybridized carbons (Fsp3) is 0.333. The van der Waals surface area contributed by atoms with Gasteiger partial charge in [-0.05, 0) is 42.7 Å². The monoisotopic (exact) mass is 375 g/mol. The van der Waals surface area contributed by atoms with Crippen LogP contribution in [0.15, 0.2) is 50.8 Å². The second kappa shape index (κ2) is 7.05. The zero-order chi connectivity index (χ0) is 18.9. The van der Waals surface area contributed by atoms with Crippen molar-refractivity contribution in [2.24, 2.45) is 11.0 Å². The summed E-state index contributed by atoms with van der Waals surface area (Å²) in [6.45, 7) is 2.17. The highest BCUT2D eigenvalue weighted by Crippen LogP contribution is 2.47. The Bertz CT molecular complexity index is 947. The van der Waals surface area contributed by atoms with Crippen LogP contribution in [0.4, 0.5) is 0 Å². The van der Waals surface area contributed by atoms with E-state index in [9.17, 15) is 13.2 Å². The van der Waals surface area contributed by atoms with Gasteiger partial charge in [0.05, 0.1) is 11.1 Å². The van der Waals surface area contributed by atoms with Crippen LogP contribution in [0.2, 0.25) is 0 Å². The summed E-state index contributed by atoms with van der Waals surface area (Å²) in [6.07, 6.45) is 2.56. The number of amides is 1. The smallest absolute Gasteiger partial charge is 0.271 e. The maximum Gasteiger partial charge on any atom is 0.271 e. The maximum absolute atomic E-state index is 12.2. The van der Waals surface area contributed by atoms with Gasteiger partial charge in [0.25, 0.3) is 5.91 Å². The number of carbonyl (C=O) groups is 1. The number of carbonyl (C=O) groups excluding carboxylic acids is 1. The quantitative estimate of drug-likeness (QED) is 0.620. The molecule has 1 amide bonds. The van der Waals surface area contributed by atoms with Crippen molar-refractivity contribution in [1.29, 1.82) is 0 Å². The highest BCUT2D eigenvalue weighted by molar-refractivity contribution is 7.89. The van der Waals surface area contributed by atoms with E-state index in [0.717, 1.165) is 16.5 Å². The van der Waals surface area contributed by atoms with E-state index in [0.29, 0.717) is 17.6 Å². The van der Waals surface area contributed by atoms with Gasteiger partial charge < -0.3 is 4.42 Å². The van der Waals surface area contributed by atoms with Gasteiger partial charge in [-0.15, -0.1) is 0 Å². The van der Waals surface area contributed by atoms with Crippen molar-refractivity contribution < 1.29 is 17.6 Å². The fourth-order valence-electron chi connectivity index (χ4n) is 2.58. The van der Waals surface area contributed by atoms with Crippen LogP contribution in [0, 0.1) is 5.92 Å². The summed E-state index contributed by atoms with van der Waals surface area (Å²) in [7, 11) is -0.727. The number of rotatable bonds is 6. The molecule has 1 fully saturated rings. The van der Waals surface area contributed by atoms with Crippen molar-refractivity contribution in [3.63, 3.8) is 0 Å². The average molecular weight is 375 g/mol. The van der Waals surface area contributed by atoms with Crippen LogP contribution in [0.5, 0.6) is 0 Å². The lowest BCUT2D eigenvalue weighted by atomic mass is 10.2. The third-order valence-corrected chi connectivity index (χ3v) is 6.17. The van der Waals surface area contributed by atoms with Crippen molar-refractivity contribution in [2.45, 2.75) is 24.2 Å². The Morgan fingerprint density at radius 3 is 2.69 bits per heavy atom. The van der Waals surface area contributed by atoms with Gasteiger partial charge in [-0.3, -0.25) is 4.79 Å². The lowest BCUT2D eigenvalue weighted by Gasteiger charge is -2.11. The lowest BCUT2D eigenvalue weighted by Crippen LogP contribution is -2.23. The van der Waals surface area contributed by atoms with Crippen LogP contribution in [-0.2, 0) is 10.0 Å². The number of benzene rings is 1. The molecule has 0 radical (unpaired) electrons. The van der Waals surface area contributed by atoms with Gasteiger partial charge in [-0.2, -0.15) is 5.10 Å². The van der Waals surface area contributed by atoms with Crippen LogP contribution in [0.1, 0.15) is 41.1 Å². The maximum atomic E-state index is 12.2. The van der Waals surface area contributed by atoms with Crippen LogP contribution < -0.4 is 5.43 Å². The predicted molar refractivity (Wildman–Crippen MR) is 97.6 cm³/mol. The number of nitrogens with one attached hydrogen (secondary N) is 1. The van der Waals surface area contributed by atoms with Crippen molar-refractivity contribution in [3.8, 4) is 0 Å². The zero-order valence-corrected chi connectivity index (χ0v) is 15.7. The number of hydrazone groups is 1. The van der Waals surface area contributed by atoms with Gasteiger partial charge in [0.2, 0.25) is 10.0 Å².